The Morgan fingerprint density at radius 1 is 0.848 bits per heavy atom. The van der Waals surface area contributed by atoms with E-state index in [0.29, 0.717) is 0 Å². The van der Waals surface area contributed by atoms with Gasteiger partial charge in [0.25, 0.3) is 0 Å². The Morgan fingerprint density at radius 3 is 1.88 bits per heavy atom. The Balaban J connectivity index is 1.82. The van der Waals surface area contributed by atoms with Crippen molar-refractivity contribution in [1.29, 1.82) is 0 Å². The van der Waals surface area contributed by atoms with Crippen molar-refractivity contribution in [3.05, 3.63) is 89.0 Å². The Labute approximate surface area is 189 Å². The van der Waals surface area contributed by atoms with E-state index in [1.807, 2.05) is 30.3 Å². The molecule has 174 valence electrons. The minimum absolute atomic E-state index is 0.0790. The van der Waals surface area contributed by atoms with Crippen molar-refractivity contribution < 1.29 is 35.0 Å². The van der Waals surface area contributed by atoms with E-state index in [4.69, 9.17) is 0 Å². The highest BCUT2D eigenvalue weighted by molar-refractivity contribution is 7.86. The van der Waals surface area contributed by atoms with Crippen LogP contribution in [0.5, 0.6) is 0 Å². The summed E-state index contributed by atoms with van der Waals surface area (Å²) in [5.74, 6) is -9.52. The third-order valence-electron chi connectivity index (χ3n) is 5.27. The maximum absolute atomic E-state index is 14.4. The zero-order valence-electron chi connectivity index (χ0n) is 17.7. The first kappa shape index (κ1) is 24.6. The molecule has 9 heteroatoms. The molecule has 0 aliphatic rings. The summed E-state index contributed by atoms with van der Waals surface area (Å²) >= 11 is 0. The van der Waals surface area contributed by atoms with Gasteiger partial charge in [0.2, 0.25) is 0 Å². The second-order valence-electron chi connectivity index (χ2n) is 7.39. The molecule has 0 saturated carbocycles. The summed E-state index contributed by atoms with van der Waals surface area (Å²) in [5.41, 5.74) is 0.889. The predicted octanol–water partition coefficient (Wildman–Crippen LogP) is 6.01. The van der Waals surface area contributed by atoms with Crippen LogP contribution in [-0.2, 0) is 14.3 Å². The normalized spacial score (nSPS) is 12.5. The average Bonchev–Trinajstić information content (AvgIpc) is 2.82. The summed E-state index contributed by atoms with van der Waals surface area (Å²) in [4.78, 5) is 10.4. The van der Waals surface area contributed by atoms with Crippen molar-refractivity contribution >= 4 is 15.9 Å². The number of Topliss-reactive ketones (excluding diaryl/α,β-unsaturated/α-hetero) is 1. The van der Waals surface area contributed by atoms with Crippen molar-refractivity contribution in [1.82, 2.24) is 0 Å². The number of carbonyl (C=O) groups excluding carboxylic acids is 1. The van der Waals surface area contributed by atoms with Crippen LogP contribution in [0, 0.1) is 23.3 Å². The SMILES string of the molecule is CCC(C)c1c(F)c(F)c(S(=O)(=O)OCC(=O)c2ccc(-c3ccccc3)cc2)c(F)c1F. The van der Waals surface area contributed by atoms with Crippen LogP contribution in [0.15, 0.2) is 59.5 Å². The third kappa shape index (κ3) is 4.99. The Morgan fingerprint density at radius 2 is 1.36 bits per heavy atom. The van der Waals surface area contributed by atoms with Gasteiger partial charge in [0.15, 0.2) is 33.9 Å². The standard InChI is InChI=1S/C24H20F4O4S/c1-3-14(2)19-20(25)22(27)24(23(28)21(19)26)33(30,31)32-13-18(29)17-11-9-16(10-12-17)15-7-5-4-6-8-15/h4-12,14H,3,13H2,1-2H3. The third-order valence-corrected chi connectivity index (χ3v) is 6.56. The molecule has 0 amide bonds. The van der Waals surface area contributed by atoms with Gasteiger partial charge in [0, 0.05) is 11.1 Å². The molecule has 0 bridgehead atoms. The molecule has 3 rings (SSSR count). The molecule has 3 aromatic rings. The Hall–Kier alpha value is -3.04. The van der Waals surface area contributed by atoms with Crippen molar-refractivity contribution in [2.75, 3.05) is 6.61 Å². The van der Waals surface area contributed by atoms with E-state index in [1.54, 1.807) is 19.1 Å². The van der Waals surface area contributed by atoms with Gasteiger partial charge in [0.1, 0.15) is 6.61 Å². The van der Waals surface area contributed by atoms with Gasteiger partial charge in [-0.2, -0.15) is 8.42 Å². The Bertz CT molecular complexity index is 1250. The van der Waals surface area contributed by atoms with Gasteiger partial charge < -0.3 is 0 Å². The molecule has 1 atom stereocenters. The number of halogens is 4. The van der Waals surface area contributed by atoms with Crippen molar-refractivity contribution in [2.45, 2.75) is 31.1 Å². The highest BCUT2D eigenvalue weighted by atomic mass is 32.2. The second kappa shape index (κ2) is 9.84. The molecule has 0 heterocycles. The molecule has 3 aromatic carbocycles. The van der Waals surface area contributed by atoms with E-state index in [1.165, 1.54) is 19.1 Å². The van der Waals surface area contributed by atoms with Crippen LogP contribution in [-0.4, -0.2) is 20.8 Å². The molecule has 0 N–H and O–H groups in total. The lowest BCUT2D eigenvalue weighted by Gasteiger charge is -2.15. The number of hydrogen-bond donors (Lipinski definition) is 0. The highest BCUT2D eigenvalue weighted by Gasteiger charge is 2.35. The molecule has 33 heavy (non-hydrogen) atoms. The average molecular weight is 480 g/mol. The topological polar surface area (TPSA) is 60.4 Å². The van der Waals surface area contributed by atoms with E-state index in [-0.39, 0.29) is 12.0 Å². The van der Waals surface area contributed by atoms with E-state index in [9.17, 15) is 30.8 Å². The zero-order chi connectivity index (χ0) is 24.3. The molecule has 0 saturated heterocycles. The lowest BCUT2D eigenvalue weighted by atomic mass is 9.97. The van der Waals surface area contributed by atoms with Gasteiger partial charge in [-0.3, -0.25) is 8.98 Å². The van der Waals surface area contributed by atoms with Gasteiger partial charge in [-0.1, -0.05) is 68.4 Å². The monoisotopic (exact) mass is 480 g/mol. The van der Waals surface area contributed by atoms with E-state index in [2.05, 4.69) is 4.18 Å². The van der Waals surface area contributed by atoms with E-state index in [0.717, 1.165) is 11.1 Å². The lowest BCUT2D eigenvalue weighted by Crippen LogP contribution is -2.20. The Kier molecular flexibility index (Phi) is 7.34. The molecule has 1 unspecified atom stereocenters. The van der Waals surface area contributed by atoms with Crippen LogP contribution in [0.2, 0.25) is 0 Å². The summed E-state index contributed by atoms with van der Waals surface area (Å²) < 4.78 is 86.6. The van der Waals surface area contributed by atoms with Crippen LogP contribution >= 0.6 is 0 Å². The smallest absolute Gasteiger partial charge is 0.291 e. The number of ketones is 1. The molecule has 0 fully saturated rings. The first-order valence-electron chi connectivity index (χ1n) is 10.0. The highest BCUT2D eigenvalue weighted by Crippen LogP contribution is 2.33. The van der Waals surface area contributed by atoms with Crippen molar-refractivity contribution in [2.24, 2.45) is 0 Å². The number of hydrogen-bond acceptors (Lipinski definition) is 4. The van der Waals surface area contributed by atoms with Crippen molar-refractivity contribution in [3.8, 4) is 11.1 Å². The molecule has 0 aliphatic carbocycles. The maximum atomic E-state index is 14.4. The minimum Gasteiger partial charge on any atom is -0.291 e. The molecule has 4 nitrogen and oxygen atoms in total. The summed E-state index contributed by atoms with van der Waals surface area (Å²) in [6, 6.07) is 15.4. The summed E-state index contributed by atoms with van der Waals surface area (Å²) in [6.45, 7) is 1.78. The van der Waals surface area contributed by atoms with Gasteiger partial charge in [0.05, 0.1) is 0 Å². The summed E-state index contributed by atoms with van der Waals surface area (Å²) in [6.07, 6.45) is 0.160. The molecule has 0 aliphatic heterocycles. The second-order valence-corrected chi connectivity index (χ2v) is 8.94. The van der Waals surface area contributed by atoms with Crippen LogP contribution in [0.1, 0.15) is 42.1 Å². The van der Waals surface area contributed by atoms with Crippen LogP contribution < -0.4 is 0 Å². The summed E-state index contributed by atoms with van der Waals surface area (Å²) in [7, 11) is -5.32. The quantitative estimate of drug-likeness (QED) is 0.171. The van der Waals surface area contributed by atoms with Crippen LogP contribution in [0.4, 0.5) is 17.6 Å². The van der Waals surface area contributed by atoms with E-state index >= 15 is 0 Å². The first-order valence-corrected chi connectivity index (χ1v) is 11.4. The van der Waals surface area contributed by atoms with Crippen LogP contribution in [0.25, 0.3) is 11.1 Å². The summed E-state index contributed by atoms with van der Waals surface area (Å²) in [5, 5.41) is 0. The molecular formula is C24H20F4O4S. The van der Waals surface area contributed by atoms with Crippen molar-refractivity contribution in [3.63, 3.8) is 0 Å². The number of carbonyl (C=O) groups is 1. The van der Waals surface area contributed by atoms with Gasteiger partial charge in [-0.15, -0.1) is 0 Å². The largest absolute Gasteiger partial charge is 0.303 e. The molecule has 0 radical (unpaired) electrons. The molecule has 0 aromatic heterocycles. The first-order chi connectivity index (χ1) is 15.6. The zero-order valence-corrected chi connectivity index (χ0v) is 18.6. The number of benzene rings is 3. The van der Waals surface area contributed by atoms with Gasteiger partial charge >= 0.3 is 10.1 Å². The van der Waals surface area contributed by atoms with Gasteiger partial charge in [-0.05, 0) is 23.5 Å². The van der Waals surface area contributed by atoms with Gasteiger partial charge in [-0.25, -0.2) is 17.6 Å². The number of rotatable bonds is 8. The van der Waals surface area contributed by atoms with E-state index < -0.39 is 62.2 Å². The lowest BCUT2D eigenvalue weighted by molar-refractivity contribution is 0.0924. The fraction of sp³-hybridized carbons (Fsp3) is 0.208. The fourth-order valence-corrected chi connectivity index (χ4v) is 4.24. The van der Waals surface area contributed by atoms with Crippen LogP contribution in [0.3, 0.4) is 0 Å². The fourth-order valence-electron chi connectivity index (χ4n) is 3.24. The minimum atomic E-state index is -5.32. The molecule has 0 spiro atoms. The maximum Gasteiger partial charge on any atom is 0.303 e. The predicted molar refractivity (Wildman–Crippen MR) is 114 cm³/mol. The molecular weight excluding hydrogens is 460 g/mol.